The Labute approximate surface area is 252 Å². The lowest BCUT2D eigenvalue weighted by molar-refractivity contribution is -0.210. The van der Waals surface area contributed by atoms with Crippen LogP contribution in [0, 0.1) is 0 Å². The second-order valence-electron chi connectivity index (χ2n) is 10.1. The summed E-state index contributed by atoms with van der Waals surface area (Å²) in [6.45, 7) is 0. The fraction of sp³-hybridized carbons (Fsp3) is 0.161. The second-order valence-corrected chi connectivity index (χ2v) is 12.8. The summed E-state index contributed by atoms with van der Waals surface area (Å²) in [7, 11) is -5.76. The van der Waals surface area contributed by atoms with Crippen molar-refractivity contribution in [1.29, 1.82) is 0 Å². The summed E-state index contributed by atoms with van der Waals surface area (Å²) in [6.07, 6.45) is -3.94. The molecule has 0 aliphatic rings. The molecule has 1 atom stereocenters. The van der Waals surface area contributed by atoms with Crippen LogP contribution in [0.3, 0.4) is 0 Å². The Morgan fingerprint density at radius 3 is 1.86 bits per heavy atom. The van der Waals surface area contributed by atoms with E-state index in [9.17, 15) is 26.9 Å². The van der Waals surface area contributed by atoms with Gasteiger partial charge in [0.05, 0.1) is 15.6 Å². The number of halogens is 4. The third-order valence-electron chi connectivity index (χ3n) is 7.13. The van der Waals surface area contributed by atoms with Gasteiger partial charge in [0.2, 0.25) is 0 Å². The summed E-state index contributed by atoms with van der Waals surface area (Å²) in [4.78, 5) is 34.1. The molecule has 0 saturated carbocycles. The number of aliphatic carboxylic acids is 1. The van der Waals surface area contributed by atoms with Crippen molar-refractivity contribution < 1.29 is 46.6 Å². The molecule has 1 unspecified atom stereocenters. The highest BCUT2D eigenvalue weighted by molar-refractivity contribution is 7.52. The molecule has 0 aliphatic heterocycles. The molecule has 5 aromatic rings. The number of carboxylic acid groups (broad SMARTS) is 1. The minimum absolute atomic E-state index is 0.216. The number of alkyl halides is 4. The highest BCUT2D eigenvalue weighted by Crippen LogP contribution is 2.59. The monoisotopic (exact) mass is 645 g/mol. The summed E-state index contributed by atoms with van der Waals surface area (Å²) in [5.74, 6) is -2.78. The molecule has 13 heteroatoms. The predicted octanol–water partition coefficient (Wildman–Crippen LogP) is 7.35. The number of fused-ring (bicyclic) bond motifs is 1. The molecule has 0 amide bonds. The Hall–Kier alpha value is -4.09. The molecule has 0 bridgehead atoms. The van der Waals surface area contributed by atoms with Gasteiger partial charge in [0.25, 0.3) is 0 Å². The molecule has 4 aromatic carbocycles. The second kappa shape index (κ2) is 11.8. The largest absolute Gasteiger partial charge is 0.501 e. The van der Waals surface area contributed by atoms with Gasteiger partial charge in [-0.3, -0.25) is 4.57 Å². The number of nitrogens with zero attached hydrogens (tertiary/aromatic N) is 1. The van der Waals surface area contributed by atoms with Crippen LogP contribution in [0.2, 0.25) is 0 Å². The zero-order valence-corrected chi connectivity index (χ0v) is 24.3. The summed E-state index contributed by atoms with van der Waals surface area (Å²) < 4.78 is 72.7. The van der Waals surface area contributed by atoms with Crippen LogP contribution in [0.5, 0.6) is 5.75 Å². The quantitative estimate of drug-likeness (QED) is 0.102. The van der Waals surface area contributed by atoms with Crippen LogP contribution in [0.25, 0.3) is 10.2 Å². The number of thiazole rings is 1. The Morgan fingerprint density at radius 1 is 0.773 bits per heavy atom. The van der Waals surface area contributed by atoms with Crippen molar-refractivity contribution in [1.82, 2.24) is 4.98 Å². The van der Waals surface area contributed by atoms with E-state index in [1.807, 2.05) is 54.6 Å². The fourth-order valence-electron chi connectivity index (χ4n) is 4.93. The van der Waals surface area contributed by atoms with Crippen molar-refractivity contribution in [2.75, 3.05) is 0 Å². The molecular formula is C31H24F4NO6PS. The molecule has 1 heterocycles. The minimum atomic E-state index is -5.76. The molecule has 0 radical (unpaired) electrons. The molecule has 228 valence electrons. The zero-order chi connectivity index (χ0) is 31.8. The standard InChI is InChI=1S/C31H24F4NO6PS/c32-30(33,28(37)38)42-24-16-12-21(13-17-24)19-29(22-6-2-1-3-7-22,27-36-25-8-4-5-9-26(25)44-27)18-20-10-14-23(15-11-20)31(34,35)43(39,40)41/h1-17H,18-19H2,(H,37,38)(H2,39,40,41). The minimum Gasteiger partial charge on any atom is -0.474 e. The number of hydrogen-bond acceptors (Lipinski definition) is 5. The molecule has 0 aliphatic carbocycles. The third kappa shape index (κ3) is 6.25. The van der Waals surface area contributed by atoms with Crippen molar-refractivity contribution in [2.45, 2.75) is 30.0 Å². The van der Waals surface area contributed by atoms with Crippen LogP contribution in [0.1, 0.15) is 27.3 Å². The van der Waals surface area contributed by atoms with Gasteiger partial charge in [-0.25, -0.2) is 9.78 Å². The maximum absolute atomic E-state index is 14.4. The van der Waals surface area contributed by atoms with Gasteiger partial charge in [0.1, 0.15) is 10.8 Å². The first-order valence-corrected chi connectivity index (χ1v) is 15.5. The average Bonchev–Trinajstić information content (AvgIpc) is 3.43. The van der Waals surface area contributed by atoms with Crippen LogP contribution in [-0.4, -0.2) is 32.0 Å². The fourth-order valence-corrected chi connectivity index (χ4v) is 6.59. The number of ether oxygens (including phenoxy) is 1. The van der Waals surface area contributed by atoms with E-state index < -0.39 is 36.3 Å². The van der Waals surface area contributed by atoms with E-state index in [1.54, 1.807) is 0 Å². The van der Waals surface area contributed by atoms with Crippen LogP contribution < -0.4 is 4.74 Å². The number of hydrogen-bond donors (Lipinski definition) is 3. The van der Waals surface area contributed by atoms with Gasteiger partial charge in [-0.1, -0.05) is 78.9 Å². The Balaban J connectivity index is 1.61. The topological polar surface area (TPSA) is 117 Å². The van der Waals surface area contributed by atoms with E-state index in [1.165, 1.54) is 47.7 Å². The van der Waals surface area contributed by atoms with E-state index in [0.717, 1.165) is 27.9 Å². The first-order valence-electron chi connectivity index (χ1n) is 13.0. The van der Waals surface area contributed by atoms with Crippen LogP contribution in [-0.2, 0) is 33.3 Å². The van der Waals surface area contributed by atoms with Gasteiger partial charge in [0, 0.05) is 5.56 Å². The van der Waals surface area contributed by atoms with Gasteiger partial charge in [-0.2, -0.15) is 17.6 Å². The molecule has 7 nitrogen and oxygen atoms in total. The lowest BCUT2D eigenvalue weighted by Gasteiger charge is -2.33. The zero-order valence-electron chi connectivity index (χ0n) is 22.6. The van der Waals surface area contributed by atoms with E-state index >= 15 is 0 Å². The van der Waals surface area contributed by atoms with Crippen LogP contribution >= 0.6 is 18.9 Å². The third-order valence-corrected chi connectivity index (χ3v) is 9.36. The number of rotatable bonds is 11. The van der Waals surface area contributed by atoms with E-state index in [0.29, 0.717) is 16.1 Å². The lowest BCUT2D eigenvalue weighted by atomic mass is 9.71. The highest BCUT2D eigenvalue weighted by atomic mass is 32.1. The van der Waals surface area contributed by atoms with Gasteiger partial charge in [-0.15, -0.1) is 11.3 Å². The number of carbonyl (C=O) groups is 1. The van der Waals surface area contributed by atoms with E-state index in [4.69, 9.17) is 19.9 Å². The van der Waals surface area contributed by atoms with Gasteiger partial charge in [-0.05, 0) is 53.8 Å². The first-order chi connectivity index (χ1) is 20.7. The van der Waals surface area contributed by atoms with Gasteiger partial charge < -0.3 is 19.6 Å². The van der Waals surface area contributed by atoms with Gasteiger partial charge in [0.15, 0.2) is 0 Å². The van der Waals surface area contributed by atoms with Crippen LogP contribution in [0.15, 0.2) is 103 Å². The molecule has 0 spiro atoms. The Kier molecular flexibility index (Phi) is 8.39. The number of aromatic nitrogens is 1. The van der Waals surface area contributed by atoms with E-state index in [2.05, 4.69) is 4.74 Å². The summed E-state index contributed by atoms with van der Waals surface area (Å²) >= 11 is 1.44. The number of benzene rings is 4. The maximum Gasteiger partial charge on any atom is 0.501 e. The molecule has 1 aromatic heterocycles. The van der Waals surface area contributed by atoms with Crippen molar-refractivity contribution in [3.8, 4) is 5.75 Å². The molecule has 5 rings (SSSR count). The van der Waals surface area contributed by atoms with E-state index in [-0.39, 0.29) is 18.6 Å². The highest BCUT2D eigenvalue weighted by Gasteiger charge is 2.50. The van der Waals surface area contributed by atoms with Crippen LogP contribution in [0.4, 0.5) is 17.6 Å². The summed E-state index contributed by atoms with van der Waals surface area (Å²) in [6, 6.07) is 27.1. The SMILES string of the molecule is O=C(O)C(F)(F)Oc1ccc(CC(Cc2ccc(C(F)(F)P(=O)(O)O)cc2)(c2ccccc2)c2nc3ccccc3s2)cc1. The number of para-hydroxylation sites is 1. The summed E-state index contributed by atoms with van der Waals surface area (Å²) in [5, 5.41) is 9.39. The maximum atomic E-state index is 14.4. The molecular weight excluding hydrogens is 621 g/mol. The smallest absolute Gasteiger partial charge is 0.474 e. The Morgan fingerprint density at radius 2 is 1.32 bits per heavy atom. The van der Waals surface area contributed by atoms with Crippen molar-refractivity contribution in [3.05, 3.63) is 130 Å². The molecule has 44 heavy (non-hydrogen) atoms. The number of carboxylic acids is 1. The normalized spacial score (nSPS) is 13.9. The predicted molar refractivity (Wildman–Crippen MR) is 156 cm³/mol. The van der Waals surface area contributed by atoms with Crippen molar-refractivity contribution in [3.63, 3.8) is 0 Å². The average molecular weight is 646 g/mol. The Bertz CT molecular complexity index is 1800. The molecule has 3 N–H and O–H groups in total. The molecule has 0 saturated heterocycles. The van der Waals surface area contributed by atoms with Crippen molar-refractivity contribution >= 4 is 35.1 Å². The first kappa shape index (κ1) is 31.3. The summed E-state index contributed by atoms with van der Waals surface area (Å²) in [5.41, 5.74) is -3.33. The molecule has 0 fully saturated rings. The van der Waals surface area contributed by atoms with Gasteiger partial charge >= 0.3 is 25.3 Å². The lowest BCUT2D eigenvalue weighted by Crippen LogP contribution is -2.35. The van der Waals surface area contributed by atoms with Crippen molar-refractivity contribution in [2.24, 2.45) is 0 Å².